The van der Waals surface area contributed by atoms with Crippen LogP contribution in [0.25, 0.3) is 0 Å². The van der Waals surface area contributed by atoms with Gasteiger partial charge in [-0.1, -0.05) is 42.7 Å². The number of amides is 1. The van der Waals surface area contributed by atoms with Crippen LogP contribution in [0.3, 0.4) is 0 Å². The lowest BCUT2D eigenvalue weighted by atomic mass is 10.1. The van der Waals surface area contributed by atoms with E-state index in [-0.39, 0.29) is 12.5 Å². The molecule has 0 aromatic heterocycles. The van der Waals surface area contributed by atoms with E-state index in [0.717, 1.165) is 12.0 Å². The fraction of sp³-hybridized carbons (Fsp3) is 0.467. The zero-order valence-electron chi connectivity index (χ0n) is 12.4. The first-order valence-electron chi connectivity index (χ1n) is 6.93. The van der Waals surface area contributed by atoms with E-state index in [1.807, 2.05) is 12.1 Å². The molecule has 1 aromatic rings. The van der Waals surface area contributed by atoms with Gasteiger partial charge in [0.2, 0.25) is 0 Å². The van der Waals surface area contributed by atoms with Gasteiger partial charge in [0.15, 0.2) is 6.61 Å². The van der Waals surface area contributed by atoms with Crippen molar-refractivity contribution in [1.82, 2.24) is 5.32 Å². The van der Waals surface area contributed by atoms with Crippen LogP contribution in [0.5, 0.6) is 0 Å². The summed E-state index contributed by atoms with van der Waals surface area (Å²) in [5, 5.41) is 7.11. The molecule has 1 aromatic carbocycles. The van der Waals surface area contributed by atoms with Gasteiger partial charge >= 0.3 is 0 Å². The van der Waals surface area contributed by atoms with Gasteiger partial charge in [-0.05, 0) is 30.0 Å². The van der Waals surface area contributed by atoms with E-state index in [0.29, 0.717) is 29.7 Å². The molecule has 0 aliphatic rings. The second kappa shape index (κ2) is 9.23. The molecule has 3 N–H and O–H groups in total. The number of amidine groups is 1. The first kappa shape index (κ1) is 17.3. The lowest BCUT2D eigenvalue weighted by Gasteiger charge is -2.06. The Hall–Kier alpha value is -1.75. The lowest BCUT2D eigenvalue weighted by Crippen LogP contribution is -2.26. The molecule has 0 spiro atoms. The van der Waals surface area contributed by atoms with Crippen molar-refractivity contribution in [3.63, 3.8) is 0 Å². The van der Waals surface area contributed by atoms with Crippen molar-refractivity contribution in [3.8, 4) is 0 Å². The Labute approximate surface area is 130 Å². The van der Waals surface area contributed by atoms with Gasteiger partial charge in [-0.15, -0.1) is 0 Å². The summed E-state index contributed by atoms with van der Waals surface area (Å²) in [5.41, 5.74) is 6.63. The number of nitrogens with two attached hydrogens (primary N) is 1. The number of carbonyl (C=O) groups is 1. The Morgan fingerprint density at radius 1 is 1.38 bits per heavy atom. The monoisotopic (exact) mass is 311 g/mol. The van der Waals surface area contributed by atoms with Gasteiger partial charge in [-0.2, -0.15) is 0 Å². The highest BCUT2D eigenvalue weighted by Crippen LogP contribution is 2.09. The van der Waals surface area contributed by atoms with Gasteiger partial charge in [0.05, 0.1) is 0 Å². The molecule has 6 heteroatoms. The summed E-state index contributed by atoms with van der Waals surface area (Å²) in [6.07, 6.45) is 1.62. The van der Waals surface area contributed by atoms with Gasteiger partial charge < -0.3 is 15.9 Å². The van der Waals surface area contributed by atoms with Crippen LogP contribution in [0.1, 0.15) is 32.3 Å². The van der Waals surface area contributed by atoms with Crippen LogP contribution in [0.4, 0.5) is 0 Å². The number of hydrogen-bond acceptors (Lipinski definition) is 3. The van der Waals surface area contributed by atoms with Gasteiger partial charge in [0, 0.05) is 18.0 Å². The Kier molecular flexibility index (Phi) is 7.61. The van der Waals surface area contributed by atoms with Crippen LogP contribution >= 0.6 is 11.6 Å². The second-order valence-electron chi connectivity index (χ2n) is 5.19. The first-order valence-corrected chi connectivity index (χ1v) is 7.30. The fourth-order valence-corrected chi connectivity index (χ4v) is 1.64. The fourth-order valence-electron chi connectivity index (χ4n) is 1.51. The normalized spacial score (nSPS) is 11.5. The largest absolute Gasteiger partial charge is 0.384 e. The van der Waals surface area contributed by atoms with E-state index in [2.05, 4.69) is 24.3 Å². The standard InChI is InChI=1S/C15H22ClN3O2/c1-11(2)3-8-14(17)19-21-10-15(20)18-9-12-4-6-13(16)7-5-12/h4-7,11H,3,8-10H2,1-2H3,(H2,17,19)(H,18,20). The Morgan fingerprint density at radius 2 is 2.05 bits per heavy atom. The van der Waals surface area contributed by atoms with E-state index in [4.69, 9.17) is 22.2 Å². The Balaban J connectivity index is 2.22. The van der Waals surface area contributed by atoms with Crippen molar-refractivity contribution in [2.45, 2.75) is 33.2 Å². The van der Waals surface area contributed by atoms with Crippen molar-refractivity contribution >= 4 is 23.3 Å². The number of hydrogen-bond donors (Lipinski definition) is 2. The minimum atomic E-state index is -0.245. The number of oxime groups is 1. The minimum Gasteiger partial charge on any atom is -0.384 e. The average molecular weight is 312 g/mol. The van der Waals surface area contributed by atoms with Gasteiger partial charge in [-0.3, -0.25) is 4.79 Å². The molecule has 1 amide bonds. The van der Waals surface area contributed by atoms with Crippen molar-refractivity contribution in [1.29, 1.82) is 0 Å². The van der Waals surface area contributed by atoms with Crippen molar-refractivity contribution in [2.75, 3.05) is 6.61 Å². The maximum atomic E-state index is 11.6. The summed E-state index contributed by atoms with van der Waals surface area (Å²) in [6.45, 7) is 4.50. The highest BCUT2D eigenvalue weighted by molar-refractivity contribution is 6.30. The smallest absolute Gasteiger partial charge is 0.261 e. The molecule has 0 atom stereocenters. The van der Waals surface area contributed by atoms with Crippen molar-refractivity contribution < 1.29 is 9.63 Å². The summed E-state index contributed by atoms with van der Waals surface area (Å²) in [7, 11) is 0. The maximum absolute atomic E-state index is 11.6. The molecule has 0 unspecified atom stereocenters. The SMILES string of the molecule is CC(C)CC/C(N)=N/OCC(=O)NCc1ccc(Cl)cc1. The molecule has 21 heavy (non-hydrogen) atoms. The number of nitrogens with one attached hydrogen (secondary N) is 1. The average Bonchev–Trinajstić information content (AvgIpc) is 2.44. The van der Waals surface area contributed by atoms with Crippen molar-refractivity contribution in [2.24, 2.45) is 16.8 Å². The highest BCUT2D eigenvalue weighted by atomic mass is 35.5. The van der Waals surface area contributed by atoms with Crippen LogP contribution in [0.2, 0.25) is 5.02 Å². The quantitative estimate of drug-likeness (QED) is 0.440. The molecule has 0 saturated heterocycles. The maximum Gasteiger partial charge on any atom is 0.261 e. The van der Waals surface area contributed by atoms with Crippen LogP contribution in [0.15, 0.2) is 29.4 Å². The molecule has 0 bridgehead atoms. The molecule has 0 aliphatic heterocycles. The summed E-state index contributed by atoms with van der Waals surface area (Å²) in [5.74, 6) is 0.723. The third kappa shape index (κ3) is 8.19. The van der Waals surface area contributed by atoms with Gasteiger partial charge in [0.25, 0.3) is 5.91 Å². The molecule has 1 rings (SSSR count). The molecule has 0 radical (unpaired) electrons. The van der Waals surface area contributed by atoms with E-state index in [9.17, 15) is 4.79 Å². The third-order valence-electron chi connectivity index (χ3n) is 2.76. The predicted octanol–water partition coefficient (Wildman–Crippen LogP) is 2.68. The molecule has 116 valence electrons. The predicted molar refractivity (Wildman–Crippen MR) is 84.9 cm³/mol. The van der Waals surface area contributed by atoms with Gasteiger partial charge in [-0.25, -0.2) is 0 Å². The number of rotatable bonds is 8. The Morgan fingerprint density at radius 3 is 2.67 bits per heavy atom. The lowest BCUT2D eigenvalue weighted by molar-refractivity contribution is -0.125. The zero-order chi connectivity index (χ0) is 15.7. The number of carbonyl (C=O) groups excluding carboxylic acids is 1. The summed E-state index contributed by atoms with van der Waals surface area (Å²) in [4.78, 5) is 16.5. The van der Waals surface area contributed by atoms with E-state index in [1.165, 1.54) is 0 Å². The summed E-state index contributed by atoms with van der Waals surface area (Å²) < 4.78 is 0. The second-order valence-corrected chi connectivity index (χ2v) is 5.63. The number of nitrogens with zero attached hydrogens (tertiary/aromatic N) is 1. The van der Waals surface area contributed by atoms with E-state index in [1.54, 1.807) is 12.1 Å². The van der Waals surface area contributed by atoms with Crippen LogP contribution in [0, 0.1) is 5.92 Å². The number of halogens is 1. The van der Waals surface area contributed by atoms with Gasteiger partial charge in [0.1, 0.15) is 5.84 Å². The third-order valence-corrected chi connectivity index (χ3v) is 3.01. The number of benzene rings is 1. The first-order chi connectivity index (χ1) is 9.97. The van der Waals surface area contributed by atoms with Crippen LogP contribution in [-0.4, -0.2) is 18.3 Å². The summed E-state index contributed by atoms with van der Waals surface area (Å²) >= 11 is 5.78. The topological polar surface area (TPSA) is 76.7 Å². The highest BCUT2D eigenvalue weighted by Gasteiger charge is 2.03. The molecular weight excluding hydrogens is 290 g/mol. The Bertz CT molecular complexity index is 472. The minimum absolute atomic E-state index is 0.143. The molecule has 0 saturated carbocycles. The zero-order valence-corrected chi connectivity index (χ0v) is 13.2. The summed E-state index contributed by atoms with van der Waals surface area (Å²) in [6, 6.07) is 7.26. The van der Waals surface area contributed by atoms with E-state index < -0.39 is 0 Å². The van der Waals surface area contributed by atoms with Crippen LogP contribution < -0.4 is 11.1 Å². The molecule has 5 nitrogen and oxygen atoms in total. The molecule has 0 heterocycles. The molecule has 0 fully saturated rings. The molecule has 0 aliphatic carbocycles. The van der Waals surface area contributed by atoms with Crippen molar-refractivity contribution in [3.05, 3.63) is 34.9 Å². The van der Waals surface area contributed by atoms with E-state index >= 15 is 0 Å². The molecular formula is C15H22ClN3O2. The van der Waals surface area contributed by atoms with Crippen LogP contribution in [-0.2, 0) is 16.2 Å².